The number of nitrogens with one attached hydrogen (secondary N) is 2. The standard InChI is InChI=1S/C26H32N4O/c1-2-30(22-10-6-9-21(16-22)27-17-18-7-4-3-5-8-18)26(31)25-28-23-14-13-20(19-11-12-19)15-24(23)29-25/h3-5,7-8,13-15,19,21-22,27H,2,6,9-12,16-17H2,1H3,(H,28,29). The first-order valence-electron chi connectivity index (χ1n) is 11.8. The van der Waals surface area contributed by atoms with Gasteiger partial charge in [-0.05, 0) is 74.6 Å². The number of nitrogens with zero attached hydrogens (tertiary/aromatic N) is 2. The maximum absolute atomic E-state index is 13.4. The van der Waals surface area contributed by atoms with Gasteiger partial charge in [-0.15, -0.1) is 0 Å². The van der Waals surface area contributed by atoms with E-state index < -0.39 is 0 Å². The molecular weight excluding hydrogens is 384 g/mol. The number of hydrogen-bond donors (Lipinski definition) is 2. The molecule has 2 atom stereocenters. The van der Waals surface area contributed by atoms with Crippen LogP contribution in [0, 0.1) is 0 Å². The molecule has 5 heteroatoms. The summed E-state index contributed by atoms with van der Waals surface area (Å²) in [7, 11) is 0. The molecule has 0 saturated heterocycles. The highest BCUT2D eigenvalue weighted by atomic mass is 16.2. The summed E-state index contributed by atoms with van der Waals surface area (Å²) in [5, 5.41) is 3.71. The molecule has 1 aromatic heterocycles. The van der Waals surface area contributed by atoms with Crippen LogP contribution in [0.4, 0.5) is 0 Å². The molecule has 2 N–H and O–H groups in total. The Kier molecular flexibility index (Phi) is 5.77. The van der Waals surface area contributed by atoms with Crippen molar-refractivity contribution >= 4 is 16.9 Å². The zero-order chi connectivity index (χ0) is 21.2. The second kappa shape index (κ2) is 8.83. The maximum atomic E-state index is 13.4. The molecule has 0 bridgehead atoms. The van der Waals surface area contributed by atoms with Crippen LogP contribution in [0.1, 0.15) is 73.1 Å². The molecule has 2 unspecified atom stereocenters. The summed E-state index contributed by atoms with van der Waals surface area (Å²) in [5.41, 5.74) is 4.52. The summed E-state index contributed by atoms with van der Waals surface area (Å²) in [5.74, 6) is 1.19. The molecule has 2 saturated carbocycles. The first kappa shape index (κ1) is 20.3. The monoisotopic (exact) mass is 416 g/mol. The molecule has 2 aromatic carbocycles. The molecule has 0 aliphatic heterocycles. The summed E-state index contributed by atoms with van der Waals surface area (Å²) in [6, 6.07) is 17.6. The Morgan fingerprint density at radius 1 is 1.13 bits per heavy atom. The molecule has 2 aliphatic carbocycles. The number of hydrogen-bond acceptors (Lipinski definition) is 3. The van der Waals surface area contributed by atoms with Gasteiger partial charge in [-0.1, -0.05) is 36.4 Å². The highest BCUT2D eigenvalue weighted by Crippen LogP contribution is 2.40. The molecular formula is C26H32N4O. The van der Waals surface area contributed by atoms with Crippen molar-refractivity contribution in [3.05, 3.63) is 65.5 Å². The Bertz CT molecular complexity index is 1040. The van der Waals surface area contributed by atoms with Crippen LogP contribution in [-0.4, -0.2) is 39.4 Å². The van der Waals surface area contributed by atoms with E-state index in [-0.39, 0.29) is 11.9 Å². The van der Waals surface area contributed by atoms with Gasteiger partial charge < -0.3 is 15.2 Å². The van der Waals surface area contributed by atoms with Crippen LogP contribution in [0.15, 0.2) is 48.5 Å². The van der Waals surface area contributed by atoms with Gasteiger partial charge >= 0.3 is 0 Å². The van der Waals surface area contributed by atoms with Gasteiger partial charge in [-0.25, -0.2) is 4.98 Å². The van der Waals surface area contributed by atoms with Gasteiger partial charge in [0.05, 0.1) is 11.0 Å². The number of carbonyl (C=O) groups excluding carboxylic acids is 1. The number of benzene rings is 2. The molecule has 162 valence electrons. The fourth-order valence-electron chi connectivity index (χ4n) is 4.99. The fraction of sp³-hybridized carbons (Fsp3) is 0.462. The Balaban J connectivity index is 1.26. The van der Waals surface area contributed by atoms with Crippen molar-refractivity contribution in [2.24, 2.45) is 0 Å². The average molecular weight is 417 g/mol. The van der Waals surface area contributed by atoms with E-state index >= 15 is 0 Å². The molecule has 5 rings (SSSR count). The minimum atomic E-state index is 0.0281. The molecule has 5 nitrogen and oxygen atoms in total. The molecule has 2 fully saturated rings. The average Bonchev–Trinajstić information content (AvgIpc) is 3.57. The third kappa shape index (κ3) is 4.52. The Morgan fingerprint density at radius 3 is 2.74 bits per heavy atom. The molecule has 31 heavy (non-hydrogen) atoms. The lowest BCUT2D eigenvalue weighted by molar-refractivity contribution is 0.0617. The van der Waals surface area contributed by atoms with Crippen molar-refractivity contribution in [3.8, 4) is 0 Å². The number of fused-ring (bicyclic) bond motifs is 1. The summed E-state index contributed by atoms with van der Waals surface area (Å²) in [4.78, 5) is 23.4. The van der Waals surface area contributed by atoms with E-state index in [1.165, 1.54) is 30.4 Å². The number of imidazole rings is 1. The van der Waals surface area contributed by atoms with Crippen LogP contribution in [0.2, 0.25) is 0 Å². The van der Waals surface area contributed by atoms with Gasteiger partial charge in [-0.2, -0.15) is 0 Å². The summed E-state index contributed by atoms with van der Waals surface area (Å²) < 4.78 is 0. The number of aromatic nitrogens is 2. The highest BCUT2D eigenvalue weighted by molar-refractivity contribution is 5.94. The van der Waals surface area contributed by atoms with E-state index in [9.17, 15) is 4.79 Å². The molecule has 0 spiro atoms. The zero-order valence-corrected chi connectivity index (χ0v) is 18.3. The van der Waals surface area contributed by atoms with E-state index in [1.807, 2.05) is 4.90 Å². The highest BCUT2D eigenvalue weighted by Gasteiger charge is 2.31. The summed E-state index contributed by atoms with van der Waals surface area (Å²) >= 11 is 0. The minimum absolute atomic E-state index is 0.0281. The van der Waals surface area contributed by atoms with Gasteiger partial charge in [0.25, 0.3) is 5.91 Å². The predicted molar refractivity (Wildman–Crippen MR) is 124 cm³/mol. The van der Waals surface area contributed by atoms with Crippen molar-refractivity contribution in [1.29, 1.82) is 0 Å². The second-order valence-electron chi connectivity index (χ2n) is 9.11. The van der Waals surface area contributed by atoms with E-state index in [2.05, 4.69) is 70.7 Å². The first-order chi connectivity index (χ1) is 15.2. The van der Waals surface area contributed by atoms with Crippen LogP contribution in [0.3, 0.4) is 0 Å². The minimum Gasteiger partial charge on any atom is -0.334 e. The summed E-state index contributed by atoms with van der Waals surface area (Å²) in [6.45, 7) is 3.66. The van der Waals surface area contributed by atoms with Crippen LogP contribution in [0.5, 0.6) is 0 Å². The Labute approximate surface area is 184 Å². The van der Waals surface area contributed by atoms with Crippen LogP contribution in [-0.2, 0) is 6.54 Å². The first-order valence-corrected chi connectivity index (χ1v) is 11.8. The van der Waals surface area contributed by atoms with Crippen molar-refractivity contribution in [2.75, 3.05) is 6.54 Å². The number of carbonyl (C=O) groups is 1. The molecule has 1 amide bonds. The van der Waals surface area contributed by atoms with Gasteiger partial charge in [0.15, 0.2) is 5.82 Å². The van der Waals surface area contributed by atoms with E-state index in [1.54, 1.807) is 0 Å². The Hall–Kier alpha value is -2.66. The molecule has 2 aliphatic rings. The zero-order valence-electron chi connectivity index (χ0n) is 18.3. The Morgan fingerprint density at radius 2 is 1.97 bits per heavy atom. The van der Waals surface area contributed by atoms with Crippen LogP contribution in [0.25, 0.3) is 11.0 Å². The van der Waals surface area contributed by atoms with Crippen molar-refractivity contribution in [2.45, 2.75) is 70.0 Å². The van der Waals surface area contributed by atoms with Gasteiger partial charge in [0.1, 0.15) is 0 Å². The quantitative estimate of drug-likeness (QED) is 0.570. The normalized spacial score (nSPS) is 21.3. The second-order valence-corrected chi connectivity index (χ2v) is 9.11. The van der Waals surface area contributed by atoms with Crippen LogP contribution >= 0.6 is 0 Å². The van der Waals surface area contributed by atoms with Gasteiger partial charge in [0, 0.05) is 25.2 Å². The topological polar surface area (TPSA) is 61.0 Å². The lowest BCUT2D eigenvalue weighted by Crippen LogP contribution is -2.47. The largest absolute Gasteiger partial charge is 0.334 e. The molecule has 0 radical (unpaired) electrons. The maximum Gasteiger partial charge on any atom is 0.289 e. The van der Waals surface area contributed by atoms with Gasteiger partial charge in [-0.3, -0.25) is 4.79 Å². The number of aromatic amines is 1. The smallest absolute Gasteiger partial charge is 0.289 e. The fourth-order valence-corrected chi connectivity index (χ4v) is 4.99. The van der Waals surface area contributed by atoms with Crippen molar-refractivity contribution in [3.63, 3.8) is 0 Å². The lowest BCUT2D eigenvalue weighted by Gasteiger charge is -2.37. The third-order valence-corrected chi connectivity index (χ3v) is 6.88. The van der Waals surface area contributed by atoms with E-state index in [0.29, 0.717) is 24.3 Å². The predicted octanol–water partition coefficient (Wildman–Crippen LogP) is 5.00. The lowest BCUT2D eigenvalue weighted by atomic mass is 9.89. The van der Waals surface area contributed by atoms with Crippen molar-refractivity contribution in [1.82, 2.24) is 20.2 Å². The van der Waals surface area contributed by atoms with Crippen molar-refractivity contribution < 1.29 is 4.79 Å². The summed E-state index contributed by atoms with van der Waals surface area (Å²) in [6.07, 6.45) is 6.92. The number of amides is 1. The van der Waals surface area contributed by atoms with E-state index in [0.717, 1.165) is 36.8 Å². The number of H-pyrrole nitrogens is 1. The van der Waals surface area contributed by atoms with Gasteiger partial charge in [0.2, 0.25) is 0 Å². The molecule has 3 aromatic rings. The molecule has 1 heterocycles. The third-order valence-electron chi connectivity index (χ3n) is 6.88. The van der Waals surface area contributed by atoms with E-state index in [4.69, 9.17) is 0 Å². The van der Waals surface area contributed by atoms with Crippen LogP contribution < -0.4 is 5.32 Å². The SMILES string of the molecule is CCN(C(=O)c1nc2cc(C3CC3)ccc2[nH]1)C1CCCC(NCc2ccccc2)C1. The number of rotatable bonds is 7.